The van der Waals surface area contributed by atoms with E-state index in [1.807, 2.05) is 17.0 Å². The van der Waals surface area contributed by atoms with Gasteiger partial charge in [-0.1, -0.05) is 42.5 Å². The lowest BCUT2D eigenvalue weighted by Gasteiger charge is -2.45. The molecule has 0 unspecified atom stereocenters. The summed E-state index contributed by atoms with van der Waals surface area (Å²) in [5.41, 5.74) is 0.981. The van der Waals surface area contributed by atoms with Crippen LogP contribution in [0.4, 0.5) is 10.5 Å². The largest absolute Gasteiger partial charge is 0.465 e. The van der Waals surface area contributed by atoms with Gasteiger partial charge in [0, 0.05) is 57.5 Å². The minimum Gasteiger partial charge on any atom is -0.465 e. The highest BCUT2D eigenvalue weighted by Crippen LogP contribution is 2.29. The summed E-state index contributed by atoms with van der Waals surface area (Å²) in [5.74, 6) is -0.0725. The second-order valence-corrected chi connectivity index (χ2v) is 9.50. The summed E-state index contributed by atoms with van der Waals surface area (Å²) in [6.45, 7) is 4.09. The number of hydrogen-bond acceptors (Lipinski definition) is 4. The molecule has 2 aliphatic heterocycles. The number of rotatable bonds is 3. The fourth-order valence-electron chi connectivity index (χ4n) is 5.10. The number of carbonyl (C=O) groups is 2. The fraction of sp³-hybridized carbons (Fsp3) is 0.636. The number of carbonyl (C=O) groups excluding carboxylic acids is 1. The van der Waals surface area contributed by atoms with Gasteiger partial charge in [0.15, 0.2) is 0 Å². The Kier molecular flexibility index (Phi) is 7.14. The van der Waals surface area contributed by atoms with Crippen LogP contribution in [0.5, 0.6) is 0 Å². The van der Waals surface area contributed by atoms with Gasteiger partial charge in [0.05, 0.1) is 10.0 Å². The molecule has 3 fully saturated rings. The van der Waals surface area contributed by atoms with Crippen molar-refractivity contribution >= 4 is 40.9 Å². The zero-order chi connectivity index (χ0) is 22.0. The Bertz CT molecular complexity index is 810. The van der Waals surface area contributed by atoms with Crippen LogP contribution in [0.2, 0.25) is 10.0 Å². The number of amides is 2. The Balaban J connectivity index is 1.40. The van der Waals surface area contributed by atoms with E-state index in [9.17, 15) is 14.7 Å². The molecule has 9 heteroatoms. The molecule has 1 atom stereocenters. The normalized spacial score (nSPS) is 23.8. The molecular formula is C22H30Cl2N4O3. The van der Waals surface area contributed by atoms with E-state index in [1.54, 1.807) is 6.07 Å². The first-order chi connectivity index (χ1) is 14.9. The second kappa shape index (κ2) is 9.84. The van der Waals surface area contributed by atoms with E-state index in [1.165, 1.54) is 24.2 Å². The van der Waals surface area contributed by atoms with Crippen LogP contribution in [-0.2, 0) is 4.79 Å². The summed E-state index contributed by atoms with van der Waals surface area (Å²) >= 11 is 12.2. The van der Waals surface area contributed by atoms with Crippen LogP contribution < -0.4 is 4.90 Å². The maximum Gasteiger partial charge on any atom is 0.408 e. The van der Waals surface area contributed by atoms with Gasteiger partial charge in [-0.2, -0.15) is 0 Å². The molecule has 2 saturated heterocycles. The summed E-state index contributed by atoms with van der Waals surface area (Å²) < 4.78 is 0. The predicted octanol–water partition coefficient (Wildman–Crippen LogP) is 3.64. The first kappa shape index (κ1) is 22.5. The molecule has 2 amide bonds. The third-order valence-electron chi connectivity index (χ3n) is 6.89. The smallest absolute Gasteiger partial charge is 0.408 e. The quantitative estimate of drug-likeness (QED) is 0.733. The van der Waals surface area contributed by atoms with E-state index in [2.05, 4.69) is 9.80 Å². The fourth-order valence-corrected chi connectivity index (χ4v) is 5.39. The lowest BCUT2D eigenvalue weighted by molar-refractivity contribution is -0.139. The van der Waals surface area contributed by atoms with Gasteiger partial charge < -0.3 is 14.9 Å². The summed E-state index contributed by atoms with van der Waals surface area (Å²) in [7, 11) is 0. The number of piperazine rings is 2. The van der Waals surface area contributed by atoms with Gasteiger partial charge in [-0.15, -0.1) is 0 Å². The molecule has 7 nitrogen and oxygen atoms in total. The molecule has 170 valence electrons. The minimum atomic E-state index is -1.00. The van der Waals surface area contributed by atoms with Crippen molar-refractivity contribution in [3.63, 3.8) is 0 Å². The van der Waals surface area contributed by atoms with Crippen molar-refractivity contribution in [3.8, 4) is 0 Å². The van der Waals surface area contributed by atoms with Crippen LogP contribution in [0.15, 0.2) is 18.2 Å². The van der Waals surface area contributed by atoms with Crippen LogP contribution in [0.3, 0.4) is 0 Å². The average molecular weight is 469 g/mol. The maximum atomic E-state index is 13.4. The predicted molar refractivity (Wildman–Crippen MR) is 122 cm³/mol. The molecule has 0 aromatic heterocycles. The van der Waals surface area contributed by atoms with Crippen LogP contribution >= 0.6 is 23.2 Å². The Labute approximate surface area is 193 Å². The third-order valence-corrected chi connectivity index (χ3v) is 7.63. The zero-order valence-electron chi connectivity index (χ0n) is 17.7. The van der Waals surface area contributed by atoms with Gasteiger partial charge in [-0.05, 0) is 31.0 Å². The van der Waals surface area contributed by atoms with Gasteiger partial charge in [-0.25, -0.2) is 4.79 Å². The number of halogens is 2. The highest BCUT2D eigenvalue weighted by Gasteiger charge is 2.40. The van der Waals surface area contributed by atoms with Crippen LogP contribution in [-0.4, -0.2) is 89.7 Å². The SMILES string of the molecule is O=C([C@H]1CN(C2CCCCC2)CCN1C(=O)O)N1CCN(c2ccc(Cl)c(Cl)c2)CC1. The van der Waals surface area contributed by atoms with Crippen molar-refractivity contribution in [1.29, 1.82) is 0 Å². The molecule has 2 heterocycles. The summed E-state index contributed by atoms with van der Waals surface area (Å²) in [6.07, 6.45) is 5.01. The summed E-state index contributed by atoms with van der Waals surface area (Å²) in [4.78, 5) is 32.9. The first-order valence-electron chi connectivity index (χ1n) is 11.2. The van der Waals surface area contributed by atoms with Gasteiger partial charge >= 0.3 is 6.09 Å². The van der Waals surface area contributed by atoms with Gasteiger partial charge in [0.1, 0.15) is 6.04 Å². The highest BCUT2D eigenvalue weighted by molar-refractivity contribution is 6.42. The van der Waals surface area contributed by atoms with Crippen LogP contribution in [0.1, 0.15) is 32.1 Å². The van der Waals surface area contributed by atoms with E-state index in [0.717, 1.165) is 18.5 Å². The molecule has 1 aromatic carbocycles. The maximum absolute atomic E-state index is 13.4. The van der Waals surface area contributed by atoms with E-state index in [-0.39, 0.29) is 5.91 Å². The monoisotopic (exact) mass is 468 g/mol. The van der Waals surface area contributed by atoms with Crippen LogP contribution in [0, 0.1) is 0 Å². The van der Waals surface area contributed by atoms with E-state index >= 15 is 0 Å². The first-order valence-corrected chi connectivity index (χ1v) is 11.9. The molecule has 1 aromatic rings. The Morgan fingerprint density at radius 1 is 0.903 bits per heavy atom. The Morgan fingerprint density at radius 2 is 1.61 bits per heavy atom. The van der Waals surface area contributed by atoms with Gasteiger partial charge in [-0.3, -0.25) is 14.6 Å². The number of benzene rings is 1. The highest BCUT2D eigenvalue weighted by atomic mass is 35.5. The molecule has 1 saturated carbocycles. The van der Waals surface area contributed by atoms with Crippen LogP contribution in [0.25, 0.3) is 0 Å². The summed E-state index contributed by atoms with van der Waals surface area (Å²) in [5, 5.41) is 10.7. The van der Waals surface area contributed by atoms with Crippen molar-refractivity contribution in [2.75, 3.05) is 50.7 Å². The van der Waals surface area contributed by atoms with E-state index in [0.29, 0.717) is 61.9 Å². The van der Waals surface area contributed by atoms with Gasteiger partial charge in [0.25, 0.3) is 0 Å². The number of anilines is 1. The molecule has 0 radical (unpaired) electrons. The average Bonchev–Trinajstić information content (AvgIpc) is 2.80. The zero-order valence-corrected chi connectivity index (χ0v) is 19.2. The van der Waals surface area contributed by atoms with E-state index < -0.39 is 12.1 Å². The minimum absolute atomic E-state index is 0.0725. The standard InChI is InChI=1S/C22H30Cl2N4O3/c23-18-7-6-17(14-19(18)24)25-8-10-26(11-9-25)21(29)20-15-27(12-13-28(20)22(30)31)16-4-2-1-3-5-16/h6-7,14,16,20H,1-5,8-13,15H2,(H,30,31)/t20-/m1/s1. The molecule has 1 aliphatic carbocycles. The molecule has 4 rings (SSSR count). The summed E-state index contributed by atoms with van der Waals surface area (Å²) in [6, 6.07) is 5.41. The molecule has 0 spiro atoms. The molecule has 0 bridgehead atoms. The topological polar surface area (TPSA) is 67.3 Å². The molecule has 3 aliphatic rings. The molecule has 31 heavy (non-hydrogen) atoms. The van der Waals surface area contributed by atoms with E-state index in [4.69, 9.17) is 23.2 Å². The lowest BCUT2D eigenvalue weighted by Crippen LogP contribution is -2.64. The second-order valence-electron chi connectivity index (χ2n) is 8.69. The lowest BCUT2D eigenvalue weighted by atomic mass is 9.93. The van der Waals surface area contributed by atoms with Crippen molar-refractivity contribution < 1.29 is 14.7 Å². The number of carboxylic acid groups (broad SMARTS) is 1. The Morgan fingerprint density at radius 3 is 2.26 bits per heavy atom. The van der Waals surface area contributed by atoms with Crippen molar-refractivity contribution in [2.45, 2.75) is 44.2 Å². The number of hydrogen-bond donors (Lipinski definition) is 1. The number of nitrogens with zero attached hydrogens (tertiary/aromatic N) is 4. The van der Waals surface area contributed by atoms with Gasteiger partial charge in [0.2, 0.25) is 5.91 Å². The molecular weight excluding hydrogens is 439 g/mol. The third kappa shape index (κ3) is 5.04. The van der Waals surface area contributed by atoms with Crippen molar-refractivity contribution in [3.05, 3.63) is 28.2 Å². The molecule has 1 N–H and O–H groups in total. The Hall–Kier alpha value is -1.70. The van der Waals surface area contributed by atoms with Crippen molar-refractivity contribution in [1.82, 2.24) is 14.7 Å². The van der Waals surface area contributed by atoms with Crippen molar-refractivity contribution in [2.24, 2.45) is 0 Å².